The molecule has 0 unspecified atom stereocenters. The van der Waals surface area contributed by atoms with Crippen molar-refractivity contribution in [2.45, 2.75) is 6.92 Å². The van der Waals surface area contributed by atoms with Gasteiger partial charge in [0.2, 0.25) is 0 Å². The van der Waals surface area contributed by atoms with Crippen molar-refractivity contribution in [3.63, 3.8) is 0 Å². The summed E-state index contributed by atoms with van der Waals surface area (Å²) in [7, 11) is 0. The van der Waals surface area contributed by atoms with E-state index in [9.17, 15) is 9.59 Å². The van der Waals surface area contributed by atoms with Gasteiger partial charge in [-0.25, -0.2) is 4.79 Å². The van der Waals surface area contributed by atoms with Crippen molar-refractivity contribution in [1.82, 2.24) is 0 Å². The van der Waals surface area contributed by atoms with Crippen LogP contribution in [0.4, 0.5) is 5.69 Å². The topological polar surface area (TPSA) is 70.8 Å². The summed E-state index contributed by atoms with van der Waals surface area (Å²) in [6.07, 6.45) is 1.62. The van der Waals surface area contributed by atoms with E-state index < -0.39 is 5.97 Å². The Morgan fingerprint density at radius 3 is 2.73 bits per heavy atom. The van der Waals surface area contributed by atoms with Crippen LogP contribution in [-0.4, -0.2) is 21.3 Å². The Morgan fingerprint density at radius 1 is 1.20 bits per heavy atom. The van der Waals surface area contributed by atoms with Gasteiger partial charge in [-0.15, -0.1) is 0 Å². The molecule has 1 N–H and O–H groups in total. The van der Waals surface area contributed by atoms with Gasteiger partial charge in [0.1, 0.15) is 11.5 Å². The lowest BCUT2D eigenvalue weighted by Crippen LogP contribution is -2.27. The number of carbonyl (C=O) groups excluding carboxylic acids is 1. The minimum Gasteiger partial charge on any atom is -0.478 e. The number of thioether (sulfide) groups is 1. The van der Waals surface area contributed by atoms with E-state index in [1.807, 2.05) is 13.0 Å². The summed E-state index contributed by atoms with van der Waals surface area (Å²) in [6.45, 7) is 1.89. The molecular weight excluding hydrogens is 442 g/mol. The van der Waals surface area contributed by atoms with Gasteiger partial charge in [-0.05, 0) is 48.9 Å². The normalized spacial score (nSPS) is 15.3. The van der Waals surface area contributed by atoms with E-state index >= 15 is 0 Å². The molecule has 2 heterocycles. The van der Waals surface area contributed by atoms with Crippen molar-refractivity contribution in [3.05, 3.63) is 81.4 Å². The molecule has 1 saturated heterocycles. The number of furan rings is 1. The second kappa shape index (κ2) is 8.10. The third kappa shape index (κ3) is 3.92. The highest BCUT2D eigenvalue weighted by molar-refractivity contribution is 8.27. The molecule has 0 spiro atoms. The highest BCUT2D eigenvalue weighted by Gasteiger charge is 2.33. The summed E-state index contributed by atoms with van der Waals surface area (Å²) in [5, 5.41) is 9.71. The van der Waals surface area contributed by atoms with Crippen LogP contribution in [0, 0.1) is 6.92 Å². The summed E-state index contributed by atoms with van der Waals surface area (Å²) in [5.74, 6) is -0.294. The first-order valence-corrected chi connectivity index (χ1v) is 10.4. The second-order valence-corrected chi connectivity index (χ2v) is 8.62. The van der Waals surface area contributed by atoms with Crippen LogP contribution in [0.5, 0.6) is 0 Å². The van der Waals surface area contributed by atoms with Gasteiger partial charge >= 0.3 is 5.97 Å². The number of anilines is 1. The number of carbonyl (C=O) groups is 2. The first-order chi connectivity index (χ1) is 14.3. The van der Waals surface area contributed by atoms with Crippen molar-refractivity contribution in [1.29, 1.82) is 0 Å². The minimum absolute atomic E-state index is 0.170. The number of amides is 1. The van der Waals surface area contributed by atoms with E-state index in [0.717, 1.165) is 5.56 Å². The quantitative estimate of drug-likeness (QED) is 0.383. The fraction of sp³-hybridized carbons (Fsp3) is 0.0455. The molecule has 30 heavy (non-hydrogen) atoms. The standard InChI is InChI=1S/C22H14ClNO4S2/c1-12-5-6-15(10-17(12)23)24-20(25)19(30-22(24)29)11-16-7-8-18(28-16)13-3-2-4-14(9-13)21(26)27/h2-11H,1H3,(H,26,27)/b19-11-. The lowest BCUT2D eigenvalue weighted by Gasteiger charge is -2.15. The summed E-state index contributed by atoms with van der Waals surface area (Å²) in [6, 6.07) is 15.3. The molecule has 0 aliphatic carbocycles. The molecule has 5 nitrogen and oxygen atoms in total. The smallest absolute Gasteiger partial charge is 0.335 e. The summed E-state index contributed by atoms with van der Waals surface area (Å²) in [4.78, 5) is 26.0. The highest BCUT2D eigenvalue weighted by atomic mass is 35.5. The van der Waals surface area contributed by atoms with Crippen molar-refractivity contribution in [2.75, 3.05) is 4.90 Å². The molecule has 1 fully saturated rings. The monoisotopic (exact) mass is 455 g/mol. The molecule has 0 atom stereocenters. The molecule has 1 aromatic heterocycles. The number of thiocarbonyl (C=S) groups is 1. The van der Waals surface area contributed by atoms with Gasteiger partial charge in [0.25, 0.3) is 5.91 Å². The molecule has 4 rings (SSSR count). The molecule has 8 heteroatoms. The lowest BCUT2D eigenvalue weighted by molar-refractivity contribution is -0.113. The van der Waals surface area contributed by atoms with E-state index in [2.05, 4.69) is 0 Å². The number of aromatic carboxylic acids is 1. The van der Waals surface area contributed by atoms with Crippen LogP contribution in [0.3, 0.4) is 0 Å². The van der Waals surface area contributed by atoms with E-state index in [1.165, 1.54) is 28.8 Å². The molecule has 2 aromatic carbocycles. The number of hydrogen-bond donors (Lipinski definition) is 1. The number of rotatable bonds is 4. The number of halogens is 1. The zero-order valence-electron chi connectivity index (χ0n) is 15.6. The van der Waals surface area contributed by atoms with Crippen LogP contribution in [-0.2, 0) is 4.79 Å². The maximum Gasteiger partial charge on any atom is 0.335 e. The molecule has 3 aromatic rings. The predicted octanol–water partition coefficient (Wildman–Crippen LogP) is 6.01. The van der Waals surface area contributed by atoms with E-state index in [1.54, 1.807) is 42.5 Å². The molecule has 0 radical (unpaired) electrons. The van der Waals surface area contributed by atoms with Gasteiger partial charge in [0.05, 0.1) is 16.2 Å². The van der Waals surface area contributed by atoms with Crippen molar-refractivity contribution < 1.29 is 19.1 Å². The average molecular weight is 456 g/mol. The zero-order chi connectivity index (χ0) is 21.4. The molecule has 150 valence electrons. The first-order valence-electron chi connectivity index (χ1n) is 8.81. The van der Waals surface area contributed by atoms with Crippen LogP contribution in [0.15, 0.2) is 63.9 Å². The van der Waals surface area contributed by atoms with Gasteiger partial charge in [-0.1, -0.05) is 53.8 Å². The Labute approximate surface area is 186 Å². The van der Waals surface area contributed by atoms with Crippen LogP contribution in [0.1, 0.15) is 21.7 Å². The third-order valence-electron chi connectivity index (χ3n) is 4.50. The summed E-state index contributed by atoms with van der Waals surface area (Å²) < 4.78 is 6.22. The maximum atomic E-state index is 12.9. The SMILES string of the molecule is Cc1ccc(N2C(=O)/C(=C/c3ccc(-c4cccc(C(=O)O)c4)o3)SC2=S)cc1Cl. The van der Waals surface area contributed by atoms with Gasteiger partial charge < -0.3 is 9.52 Å². The molecule has 1 aliphatic heterocycles. The summed E-state index contributed by atoms with van der Waals surface area (Å²) >= 11 is 12.8. The van der Waals surface area contributed by atoms with Crippen molar-refractivity contribution in [2.24, 2.45) is 0 Å². The number of carboxylic acids is 1. The van der Waals surface area contributed by atoms with Crippen molar-refractivity contribution >= 4 is 63.5 Å². The average Bonchev–Trinajstić information content (AvgIpc) is 3.29. The molecular formula is C22H14ClNO4S2. The number of carboxylic acid groups (broad SMARTS) is 1. The Morgan fingerprint density at radius 2 is 2.00 bits per heavy atom. The fourth-order valence-electron chi connectivity index (χ4n) is 2.93. The van der Waals surface area contributed by atoms with E-state index in [0.29, 0.717) is 37.0 Å². The number of hydrogen-bond acceptors (Lipinski definition) is 5. The van der Waals surface area contributed by atoms with Crippen LogP contribution >= 0.6 is 35.6 Å². The fourth-order valence-corrected chi connectivity index (χ4v) is 4.39. The Hall–Kier alpha value is -2.87. The lowest BCUT2D eigenvalue weighted by atomic mass is 10.1. The third-order valence-corrected chi connectivity index (χ3v) is 6.21. The van der Waals surface area contributed by atoms with E-state index in [4.69, 9.17) is 33.3 Å². The second-order valence-electron chi connectivity index (χ2n) is 6.54. The van der Waals surface area contributed by atoms with Gasteiger partial charge in [-0.2, -0.15) is 0 Å². The molecule has 0 saturated carbocycles. The predicted molar refractivity (Wildman–Crippen MR) is 123 cm³/mol. The molecule has 0 bridgehead atoms. The van der Waals surface area contributed by atoms with Gasteiger partial charge in [-0.3, -0.25) is 9.69 Å². The maximum absolute atomic E-state index is 12.9. The number of aryl methyl sites for hydroxylation is 1. The molecule has 1 aliphatic rings. The Bertz CT molecular complexity index is 1230. The first kappa shape index (κ1) is 20.4. The minimum atomic E-state index is -1.01. The Kier molecular flexibility index (Phi) is 5.51. The Balaban J connectivity index is 1.61. The molecule has 1 amide bonds. The number of nitrogens with zero attached hydrogens (tertiary/aromatic N) is 1. The van der Waals surface area contributed by atoms with Gasteiger partial charge in [0, 0.05) is 16.7 Å². The van der Waals surface area contributed by atoms with Crippen LogP contribution < -0.4 is 4.90 Å². The van der Waals surface area contributed by atoms with Crippen LogP contribution in [0.2, 0.25) is 5.02 Å². The highest BCUT2D eigenvalue weighted by Crippen LogP contribution is 2.37. The van der Waals surface area contributed by atoms with Crippen molar-refractivity contribution in [3.8, 4) is 11.3 Å². The summed E-state index contributed by atoms with van der Waals surface area (Å²) in [5.41, 5.74) is 2.33. The van der Waals surface area contributed by atoms with Crippen LogP contribution in [0.25, 0.3) is 17.4 Å². The largest absolute Gasteiger partial charge is 0.478 e. The number of benzene rings is 2. The van der Waals surface area contributed by atoms with Gasteiger partial charge in [0.15, 0.2) is 4.32 Å². The van der Waals surface area contributed by atoms with E-state index in [-0.39, 0.29) is 11.5 Å². The zero-order valence-corrected chi connectivity index (χ0v) is 18.0.